The van der Waals surface area contributed by atoms with E-state index in [-0.39, 0.29) is 17.2 Å². The maximum absolute atomic E-state index is 14.3. The van der Waals surface area contributed by atoms with Crippen LogP contribution in [0.2, 0.25) is 0 Å². The standard InChI is InChI=1S/C22H22FNO4S/c1-13-3-5-14(6-4-13)12-24-21-15(9-20(25)26)7-8-17(21)18-10-16(23)11-19(22(18)24)29(2,27)28/h3-6,10-11,15H,7-9,12H2,1-2H3,(H,25,26). The molecule has 7 heteroatoms. The number of carbonyl (C=O) groups is 1. The Labute approximate surface area is 168 Å². The SMILES string of the molecule is Cc1ccc(Cn2c3c(c4cc(F)cc(S(C)(=O)=O)c42)CCC3CC(=O)O)cc1. The summed E-state index contributed by atoms with van der Waals surface area (Å²) in [5.41, 5.74) is 4.23. The van der Waals surface area contributed by atoms with Gasteiger partial charge in [0.05, 0.1) is 16.8 Å². The summed E-state index contributed by atoms with van der Waals surface area (Å²) < 4.78 is 41.1. The normalized spacial score (nSPS) is 16.3. The molecule has 0 saturated carbocycles. The van der Waals surface area contributed by atoms with Gasteiger partial charge in [-0.3, -0.25) is 4.79 Å². The Kier molecular flexibility index (Phi) is 4.73. The molecule has 4 rings (SSSR count). The predicted molar refractivity (Wildman–Crippen MR) is 109 cm³/mol. The number of aliphatic carboxylic acids is 1. The molecule has 29 heavy (non-hydrogen) atoms. The fourth-order valence-electron chi connectivity index (χ4n) is 4.42. The molecule has 152 valence electrons. The number of nitrogens with zero attached hydrogens (tertiary/aromatic N) is 1. The van der Waals surface area contributed by atoms with Crippen LogP contribution in [-0.4, -0.2) is 30.3 Å². The van der Waals surface area contributed by atoms with Gasteiger partial charge in [-0.15, -0.1) is 0 Å². The number of rotatable bonds is 5. The molecule has 1 aromatic heterocycles. The first-order valence-corrected chi connectivity index (χ1v) is 11.4. The number of aromatic nitrogens is 1. The minimum Gasteiger partial charge on any atom is -0.481 e. The minimum absolute atomic E-state index is 0.0338. The Morgan fingerprint density at radius 3 is 2.55 bits per heavy atom. The maximum Gasteiger partial charge on any atom is 0.304 e. The van der Waals surface area contributed by atoms with E-state index in [0.29, 0.717) is 30.3 Å². The van der Waals surface area contributed by atoms with Crippen LogP contribution in [0.5, 0.6) is 0 Å². The van der Waals surface area contributed by atoms with E-state index < -0.39 is 21.6 Å². The lowest BCUT2D eigenvalue weighted by molar-refractivity contribution is -0.137. The molecular formula is C22H22FNO4S. The van der Waals surface area contributed by atoms with Crippen molar-refractivity contribution in [2.75, 3.05) is 6.26 Å². The molecule has 0 fully saturated rings. The van der Waals surface area contributed by atoms with Gasteiger partial charge in [-0.05, 0) is 43.0 Å². The molecule has 1 atom stereocenters. The Bertz CT molecular complexity index is 1230. The highest BCUT2D eigenvalue weighted by molar-refractivity contribution is 7.91. The zero-order valence-electron chi connectivity index (χ0n) is 16.3. The maximum atomic E-state index is 14.3. The van der Waals surface area contributed by atoms with Gasteiger partial charge in [-0.25, -0.2) is 12.8 Å². The topological polar surface area (TPSA) is 76.4 Å². The summed E-state index contributed by atoms with van der Waals surface area (Å²) >= 11 is 0. The van der Waals surface area contributed by atoms with Crippen LogP contribution in [0.3, 0.4) is 0 Å². The number of fused-ring (bicyclic) bond motifs is 3. The van der Waals surface area contributed by atoms with Gasteiger partial charge >= 0.3 is 5.97 Å². The van der Waals surface area contributed by atoms with Crippen molar-refractivity contribution in [2.45, 2.75) is 43.5 Å². The smallest absolute Gasteiger partial charge is 0.304 e. The number of carboxylic acid groups (broad SMARTS) is 1. The first-order valence-electron chi connectivity index (χ1n) is 9.47. The van der Waals surface area contributed by atoms with Gasteiger partial charge in [0.25, 0.3) is 0 Å². The Morgan fingerprint density at radius 1 is 1.24 bits per heavy atom. The molecule has 1 aliphatic carbocycles. The van der Waals surface area contributed by atoms with E-state index in [0.717, 1.165) is 34.7 Å². The van der Waals surface area contributed by atoms with Crippen LogP contribution in [0.1, 0.15) is 41.1 Å². The van der Waals surface area contributed by atoms with Crippen LogP contribution in [0.4, 0.5) is 4.39 Å². The molecule has 1 aliphatic rings. The second-order valence-corrected chi connectivity index (χ2v) is 9.83. The van der Waals surface area contributed by atoms with Crippen molar-refractivity contribution in [1.82, 2.24) is 4.57 Å². The minimum atomic E-state index is -3.68. The lowest BCUT2D eigenvalue weighted by Crippen LogP contribution is -2.12. The highest BCUT2D eigenvalue weighted by Gasteiger charge is 2.33. The third kappa shape index (κ3) is 3.55. The number of halogens is 1. The molecule has 0 saturated heterocycles. The summed E-state index contributed by atoms with van der Waals surface area (Å²) in [7, 11) is -3.68. The number of hydrogen-bond acceptors (Lipinski definition) is 3. The average molecular weight is 415 g/mol. The summed E-state index contributed by atoms with van der Waals surface area (Å²) in [6, 6.07) is 10.3. The summed E-state index contributed by atoms with van der Waals surface area (Å²) in [5, 5.41) is 9.92. The first kappa shape index (κ1) is 19.6. The van der Waals surface area contributed by atoms with Crippen molar-refractivity contribution >= 4 is 26.7 Å². The molecule has 0 amide bonds. The van der Waals surface area contributed by atoms with Crippen molar-refractivity contribution < 1.29 is 22.7 Å². The monoisotopic (exact) mass is 415 g/mol. The van der Waals surface area contributed by atoms with Crippen molar-refractivity contribution in [2.24, 2.45) is 0 Å². The summed E-state index contributed by atoms with van der Waals surface area (Å²) in [5.74, 6) is -1.73. The fourth-order valence-corrected chi connectivity index (χ4v) is 5.32. The number of benzene rings is 2. The molecule has 1 heterocycles. The van der Waals surface area contributed by atoms with Crippen LogP contribution in [0.15, 0.2) is 41.3 Å². The van der Waals surface area contributed by atoms with E-state index in [1.807, 2.05) is 35.8 Å². The van der Waals surface area contributed by atoms with Gasteiger partial charge in [-0.2, -0.15) is 0 Å². The van der Waals surface area contributed by atoms with Crippen LogP contribution in [0, 0.1) is 12.7 Å². The van der Waals surface area contributed by atoms with Crippen molar-refractivity contribution in [3.63, 3.8) is 0 Å². The number of hydrogen-bond donors (Lipinski definition) is 1. The van der Waals surface area contributed by atoms with E-state index >= 15 is 0 Å². The second-order valence-electron chi connectivity index (χ2n) is 7.84. The van der Waals surface area contributed by atoms with E-state index in [1.165, 1.54) is 6.07 Å². The Hall–Kier alpha value is -2.67. The van der Waals surface area contributed by atoms with Gasteiger partial charge in [-0.1, -0.05) is 29.8 Å². The van der Waals surface area contributed by atoms with Gasteiger partial charge in [0, 0.05) is 29.8 Å². The van der Waals surface area contributed by atoms with Crippen molar-refractivity contribution in [3.05, 3.63) is 64.6 Å². The summed E-state index contributed by atoms with van der Waals surface area (Å²) in [6.07, 6.45) is 2.31. The largest absolute Gasteiger partial charge is 0.481 e. The molecule has 1 unspecified atom stereocenters. The van der Waals surface area contributed by atoms with Crippen LogP contribution < -0.4 is 0 Å². The molecule has 0 bridgehead atoms. The van der Waals surface area contributed by atoms with E-state index in [2.05, 4.69) is 0 Å². The van der Waals surface area contributed by atoms with Crippen molar-refractivity contribution in [1.29, 1.82) is 0 Å². The fraction of sp³-hybridized carbons (Fsp3) is 0.318. The molecule has 0 aliphatic heterocycles. The zero-order chi connectivity index (χ0) is 20.9. The Balaban J connectivity index is 2.02. The van der Waals surface area contributed by atoms with Gasteiger partial charge in [0.2, 0.25) is 0 Å². The zero-order valence-corrected chi connectivity index (χ0v) is 17.1. The molecule has 0 radical (unpaired) electrons. The molecule has 5 nitrogen and oxygen atoms in total. The third-order valence-corrected chi connectivity index (χ3v) is 6.76. The molecule has 3 aromatic rings. The first-order chi connectivity index (χ1) is 13.6. The molecule has 0 spiro atoms. The average Bonchev–Trinajstić information content (AvgIpc) is 3.15. The van der Waals surface area contributed by atoms with Crippen molar-refractivity contribution in [3.8, 4) is 0 Å². The van der Waals surface area contributed by atoms with Gasteiger partial charge in [0.15, 0.2) is 9.84 Å². The molecule has 1 N–H and O–H groups in total. The highest BCUT2D eigenvalue weighted by Crippen LogP contribution is 2.44. The number of aryl methyl sites for hydroxylation is 2. The van der Waals surface area contributed by atoms with Crippen LogP contribution in [0.25, 0.3) is 10.9 Å². The van der Waals surface area contributed by atoms with Gasteiger partial charge in [0.1, 0.15) is 5.82 Å². The van der Waals surface area contributed by atoms with Crippen LogP contribution >= 0.6 is 0 Å². The van der Waals surface area contributed by atoms with E-state index in [4.69, 9.17) is 0 Å². The van der Waals surface area contributed by atoms with E-state index in [1.54, 1.807) is 0 Å². The summed E-state index contributed by atoms with van der Waals surface area (Å²) in [6.45, 7) is 2.39. The predicted octanol–water partition coefficient (Wildman–Crippen LogP) is 4.05. The third-order valence-electron chi connectivity index (χ3n) is 5.65. The number of sulfone groups is 1. The van der Waals surface area contributed by atoms with Crippen LogP contribution in [-0.2, 0) is 27.6 Å². The quantitative estimate of drug-likeness (QED) is 0.682. The second kappa shape index (κ2) is 6.99. The lowest BCUT2D eigenvalue weighted by atomic mass is 10.0. The number of carboxylic acids is 1. The summed E-state index contributed by atoms with van der Waals surface area (Å²) in [4.78, 5) is 11.3. The molecular weight excluding hydrogens is 393 g/mol. The Morgan fingerprint density at radius 2 is 1.93 bits per heavy atom. The van der Waals surface area contributed by atoms with Gasteiger partial charge < -0.3 is 9.67 Å². The lowest BCUT2D eigenvalue weighted by Gasteiger charge is -2.17. The molecule has 2 aromatic carbocycles. The van der Waals surface area contributed by atoms with E-state index in [9.17, 15) is 22.7 Å². The highest BCUT2D eigenvalue weighted by atomic mass is 32.2.